The quantitative estimate of drug-likeness (QED) is 0.650. The molecule has 166 valence electrons. The Morgan fingerprint density at radius 2 is 2.00 bits per heavy atom. The number of ether oxygens (including phenoxy) is 2. The van der Waals surface area contributed by atoms with Crippen LogP contribution in [0.3, 0.4) is 0 Å². The molecule has 7 heteroatoms. The zero-order chi connectivity index (χ0) is 22.2. The molecular weight excluding hydrogens is 394 g/mol. The highest BCUT2D eigenvalue weighted by Gasteiger charge is 2.31. The zero-order valence-corrected chi connectivity index (χ0v) is 18.5. The highest BCUT2D eigenvalue weighted by Crippen LogP contribution is 2.17. The molecule has 1 aliphatic heterocycles. The van der Waals surface area contributed by atoms with Gasteiger partial charge in [0.05, 0.1) is 32.8 Å². The van der Waals surface area contributed by atoms with Crippen molar-refractivity contribution in [2.75, 3.05) is 33.3 Å². The molecule has 0 radical (unpaired) electrons. The lowest BCUT2D eigenvalue weighted by Gasteiger charge is -2.26. The van der Waals surface area contributed by atoms with Crippen LogP contribution in [0.4, 0.5) is 0 Å². The molecule has 2 aromatic rings. The number of carbonyl (C=O) groups is 2. The van der Waals surface area contributed by atoms with Crippen LogP contribution in [0, 0.1) is 5.92 Å². The van der Waals surface area contributed by atoms with Crippen molar-refractivity contribution in [2.24, 2.45) is 5.92 Å². The number of aromatic nitrogens is 1. The Bertz CT molecular complexity index is 872. The largest absolute Gasteiger partial charge is 0.497 e. The third kappa shape index (κ3) is 6.79. The Labute approximate surface area is 184 Å². The van der Waals surface area contributed by atoms with Gasteiger partial charge >= 0.3 is 0 Å². The first-order valence-electron chi connectivity index (χ1n) is 10.6. The van der Waals surface area contributed by atoms with E-state index in [0.717, 1.165) is 16.9 Å². The summed E-state index contributed by atoms with van der Waals surface area (Å²) in [6, 6.07) is 11.4. The number of rotatable bonds is 8. The molecule has 0 aliphatic carbocycles. The summed E-state index contributed by atoms with van der Waals surface area (Å²) in [5.74, 6) is 0.968. The summed E-state index contributed by atoms with van der Waals surface area (Å²) in [7, 11) is 1.63. The third-order valence-electron chi connectivity index (χ3n) is 5.16. The van der Waals surface area contributed by atoms with E-state index in [0.29, 0.717) is 32.2 Å². The van der Waals surface area contributed by atoms with Crippen molar-refractivity contribution < 1.29 is 19.1 Å². The molecule has 2 amide bonds. The molecule has 0 N–H and O–H groups in total. The molecule has 7 nitrogen and oxygen atoms in total. The minimum Gasteiger partial charge on any atom is -0.497 e. The van der Waals surface area contributed by atoms with E-state index in [2.05, 4.69) is 18.8 Å². The van der Waals surface area contributed by atoms with E-state index in [1.807, 2.05) is 35.2 Å². The van der Waals surface area contributed by atoms with E-state index < -0.39 is 0 Å². The molecular formula is C24H31N3O4. The maximum Gasteiger partial charge on any atom is 0.242 e. The predicted octanol–water partition coefficient (Wildman–Crippen LogP) is 2.54. The predicted molar refractivity (Wildman–Crippen MR) is 118 cm³/mol. The molecule has 1 aliphatic rings. The Balaban J connectivity index is 1.71. The normalized spacial score (nSPS) is 17.0. The number of amides is 2. The summed E-state index contributed by atoms with van der Waals surface area (Å²) >= 11 is 0. The summed E-state index contributed by atoms with van der Waals surface area (Å²) in [5, 5.41) is 0. The fourth-order valence-corrected chi connectivity index (χ4v) is 3.66. The van der Waals surface area contributed by atoms with Gasteiger partial charge in [0, 0.05) is 32.0 Å². The lowest BCUT2D eigenvalue weighted by atomic mass is 10.2. The minimum absolute atomic E-state index is 0.0410. The first-order chi connectivity index (χ1) is 14.9. The standard InChI is InChI=1S/C24H31N3O4/c1-18(2)13-26-14-22(31-17-20-6-4-8-21(10-20)30-3)15-27(16-24(26)29)23(28)11-19-7-5-9-25-12-19/h4-10,12,18,22H,11,13-17H2,1-3H3. The number of hydrogen-bond acceptors (Lipinski definition) is 5. The summed E-state index contributed by atoms with van der Waals surface area (Å²) in [5.41, 5.74) is 1.82. The van der Waals surface area contributed by atoms with Gasteiger partial charge in [-0.2, -0.15) is 0 Å². The van der Waals surface area contributed by atoms with Crippen LogP contribution in [0.2, 0.25) is 0 Å². The van der Waals surface area contributed by atoms with Crippen molar-refractivity contribution in [2.45, 2.75) is 33.0 Å². The van der Waals surface area contributed by atoms with Crippen LogP contribution >= 0.6 is 0 Å². The van der Waals surface area contributed by atoms with E-state index in [1.165, 1.54) is 0 Å². The first-order valence-corrected chi connectivity index (χ1v) is 10.6. The van der Waals surface area contributed by atoms with Crippen molar-refractivity contribution in [1.82, 2.24) is 14.8 Å². The summed E-state index contributed by atoms with van der Waals surface area (Å²) in [6.07, 6.45) is 3.30. The molecule has 2 heterocycles. The van der Waals surface area contributed by atoms with Crippen molar-refractivity contribution in [3.05, 3.63) is 59.9 Å². The van der Waals surface area contributed by atoms with Gasteiger partial charge in [-0.15, -0.1) is 0 Å². The number of hydrogen-bond donors (Lipinski definition) is 0. The highest BCUT2D eigenvalue weighted by molar-refractivity contribution is 5.86. The Hall–Kier alpha value is -2.93. The van der Waals surface area contributed by atoms with Crippen LogP contribution in [-0.4, -0.2) is 66.0 Å². The maximum absolute atomic E-state index is 13.0. The molecule has 1 aromatic heterocycles. The molecule has 1 saturated heterocycles. The second-order valence-corrected chi connectivity index (χ2v) is 8.29. The van der Waals surface area contributed by atoms with Gasteiger partial charge in [-0.3, -0.25) is 14.6 Å². The van der Waals surface area contributed by atoms with E-state index in [9.17, 15) is 9.59 Å². The van der Waals surface area contributed by atoms with E-state index in [1.54, 1.807) is 30.5 Å². The fourth-order valence-electron chi connectivity index (χ4n) is 3.66. The van der Waals surface area contributed by atoms with Gasteiger partial charge in [-0.05, 0) is 35.2 Å². The molecule has 0 bridgehead atoms. The number of benzene rings is 1. The van der Waals surface area contributed by atoms with Gasteiger partial charge in [-0.25, -0.2) is 0 Å². The van der Waals surface area contributed by atoms with E-state index >= 15 is 0 Å². The SMILES string of the molecule is COc1cccc(COC2CN(C(=O)Cc3cccnc3)CC(=O)N(CC(C)C)C2)c1. The van der Waals surface area contributed by atoms with E-state index in [4.69, 9.17) is 9.47 Å². The van der Waals surface area contributed by atoms with Crippen LogP contribution in [0.25, 0.3) is 0 Å². The van der Waals surface area contributed by atoms with Gasteiger partial charge in [-0.1, -0.05) is 32.0 Å². The summed E-state index contributed by atoms with van der Waals surface area (Å²) < 4.78 is 11.5. The Morgan fingerprint density at radius 1 is 1.19 bits per heavy atom. The first kappa shape index (κ1) is 22.7. The average molecular weight is 426 g/mol. The molecule has 3 rings (SSSR count). The topological polar surface area (TPSA) is 72.0 Å². The van der Waals surface area contributed by atoms with E-state index in [-0.39, 0.29) is 30.9 Å². The summed E-state index contributed by atoms with van der Waals surface area (Å²) in [6.45, 7) is 6.11. The number of methoxy groups -OCH3 is 1. The van der Waals surface area contributed by atoms with Crippen LogP contribution in [0.1, 0.15) is 25.0 Å². The number of nitrogens with zero attached hydrogens (tertiary/aromatic N) is 3. The molecule has 1 unspecified atom stereocenters. The van der Waals surface area contributed by atoms with Gasteiger partial charge in [0.15, 0.2) is 0 Å². The number of pyridine rings is 1. The second kappa shape index (κ2) is 10.9. The lowest BCUT2D eigenvalue weighted by Crippen LogP contribution is -2.41. The van der Waals surface area contributed by atoms with Crippen LogP contribution < -0.4 is 4.74 Å². The molecule has 1 atom stereocenters. The van der Waals surface area contributed by atoms with Crippen LogP contribution in [-0.2, 0) is 27.4 Å². The Morgan fingerprint density at radius 3 is 2.71 bits per heavy atom. The monoisotopic (exact) mass is 425 g/mol. The van der Waals surface area contributed by atoms with Crippen molar-refractivity contribution in [3.63, 3.8) is 0 Å². The van der Waals surface area contributed by atoms with Gasteiger partial charge in [0.1, 0.15) is 5.75 Å². The average Bonchev–Trinajstić information content (AvgIpc) is 2.91. The summed E-state index contributed by atoms with van der Waals surface area (Å²) in [4.78, 5) is 33.3. The molecule has 31 heavy (non-hydrogen) atoms. The maximum atomic E-state index is 13.0. The highest BCUT2D eigenvalue weighted by atomic mass is 16.5. The number of carbonyl (C=O) groups excluding carboxylic acids is 2. The smallest absolute Gasteiger partial charge is 0.242 e. The van der Waals surface area contributed by atoms with Crippen LogP contribution in [0.15, 0.2) is 48.8 Å². The molecule has 0 spiro atoms. The molecule has 1 aromatic carbocycles. The van der Waals surface area contributed by atoms with Gasteiger partial charge in [0.2, 0.25) is 11.8 Å². The minimum atomic E-state index is -0.269. The van der Waals surface area contributed by atoms with Crippen molar-refractivity contribution in [3.8, 4) is 5.75 Å². The zero-order valence-electron chi connectivity index (χ0n) is 18.5. The second-order valence-electron chi connectivity index (χ2n) is 8.29. The molecule has 1 fully saturated rings. The molecule has 0 saturated carbocycles. The Kier molecular flexibility index (Phi) is 8.00. The fraction of sp³-hybridized carbons (Fsp3) is 0.458. The van der Waals surface area contributed by atoms with Gasteiger partial charge in [0.25, 0.3) is 0 Å². The van der Waals surface area contributed by atoms with Crippen molar-refractivity contribution in [1.29, 1.82) is 0 Å². The van der Waals surface area contributed by atoms with Crippen molar-refractivity contribution >= 4 is 11.8 Å². The lowest BCUT2D eigenvalue weighted by molar-refractivity contribution is -0.138. The van der Waals surface area contributed by atoms with Crippen LogP contribution in [0.5, 0.6) is 5.75 Å². The van der Waals surface area contributed by atoms with Gasteiger partial charge < -0.3 is 19.3 Å². The third-order valence-corrected chi connectivity index (χ3v) is 5.16.